The van der Waals surface area contributed by atoms with E-state index < -0.39 is 0 Å². The molecule has 1 rings (SSSR count). The summed E-state index contributed by atoms with van der Waals surface area (Å²) in [5, 5.41) is 0.533. The second-order valence-corrected chi connectivity index (χ2v) is 5.15. The minimum Gasteiger partial charge on any atom is -0.466 e. The van der Waals surface area contributed by atoms with E-state index in [2.05, 4.69) is 0 Å². The molecule has 0 amide bonds. The lowest BCUT2D eigenvalue weighted by molar-refractivity contribution is -0.143. The first-order chi connectivity index (χ1) is 10.1. The van der Waals surface area contributed by atoms with Gasteiger partial charge < -0.3 is 9.47 Å². The number of hydrogen-bond donors (Lipinski definition) is 0. The van der Waals surface area contributed by atoms with Crippen LogP contribution >= 0.6 is 11.6 Å². The van der Waals surface area contributed by atoms with Gasteiger partial charge in [0.15, 0.2) is 0 Å². The Morgan fingerprint density at radius 3 is 2.48 bits per heavy atom. The molecule has 0 fully saturated rings. The molecule has 4 nitrogen and oxygen atoms in total. The summed E-state index contributed by atoms with van der Waals surface area (Å²) in [7, 11) is 0. The van der Waals surface area contributed by atoms with Crippen molar-refractivity contribution in [3.8, 4) is 5.75 Å². The quantitative estimate of drug-likeness (QED) is 0.390. The van der Waals surface area contributed by atoms with Crippen molar-refractivity contribution in [1.29, 1.82) is 0 Å². The van der Waals surface area contributed by atoms with Gasteiger partial charge in [-0.3, -0.25) is 9.59 Å². The Morgan fingerprint density at radius 2 is 1.81 bits per heavy atom. The molecule has 5 heteroatoms. The highest BCUT2D eigenvalue weighted by Crippen LogP contribution is 2.18. The van der Waals surface area contributed by atoms with Gasteiger partial charge in [0.25, 0.3) is 0 Å². The number of unbranched alkanes of at least 4 members (excludes halogenated alkanes) is 2. The Hall–Kier alpha value is -1.55. The van der Waals surface area contributed by atoms with E-state index in [1.54, 1.807) is 24.3 Å². The van der Waals surface area contributed by atoms with Crippen LogP contribution in [-0.2, 0) is 14.3 Å². The summed E-state index contributed by atoms with van der Waals surface area (Å²) in [5.41, 5.74) is 0. The van der Waals surface area contributed by atoms with Gasteiger partial charge in [-0.05, 0) is 37.5 Å². The zero-order valence-corrected chi connectivity index (χ0v) is 13.0. The van der Waals surface area contributed by atoms with E-state index in [0.717, 1.165) is 19.3 Å². The van der Waals surface area contributed by atoms with Gasteiger partial charge in [0, 0.05) is 17.9 Å². The van der Waals surface area contributed by atoms with Gasteiger partial charge in [0.2, 0.25) is 0 Å². The monoisotopic (exact) mass is 312 g/mol. The lowest BCUT2D eigenvalue weighted by atomic mass is 10.1. The maximum Gasteiger partial charge on any atom is 0.311 e. The van der Waals surface area contributed by atoms with E-state index in [-0.39, 0.29) is 11.9 Å². The molecule has 1 aromatic rings. The third-order valence-electron chi connectivity index (χ3n) is 2.76. The van der Waals surface area contributed by atoms with Crippen LogP contribution in [0.4, 0.5) is 0 Å². The first kappa shape index (κ1) is 17.5. The SMILES string of the molecule is CCCOC(=O)CCCCCC(=O)Oc1cccc(Cl)c1. The summed E-state index contributed by atoms with van der Waals surface area (Å²) >= 11 is 5.80. The molecule has 0 atom stereocenters. The van der Waals surface area contributed by atoms with Crippen molar-refractivity contribution in [1.82, 2.24) is 0 Å². The molecule has 116 valence electrons. The smallest absolute Gasteiger partial charge is 0.311 e. The van der Waals surface area contributed by atoms with E-state index in [1.165, 1.54) is 0 Å². The average Bonchev–Trinajstić information content (AvgIpc) is 2.44. The Labute approximate surface area is 130 Å². The highest BCUT2D eigenvalue weighted by molar-refractivity contribution is 6.30. The van der Waals surface area contributed by atoms with Gasteiger partial charge in [-0.15, -0.1) is 0 Å². The molecule has 0 aliphatic carbocycles. The number of halogens is 1. The second-order valence-electron chi connectivity index (χ2n) is 4.71. The fourth-order valence-corrected chi connectivity index (χ4v) is 1.90. The number of esters is 2. The van der Waals surface area contributed by atoms with Gasteiger partial charge in [-0.25, -0.2) is 0 Å². The first-order valence-corrected chi connectivity index (χ1v) is 7.61. The van der Waals surface area contributed by atoms with Gasteiger partial charge in [0.1, 0.15) is 5.75 Å². The lowest BCUT2D eigenvalue weighted by Crippen LogP contribution is -2.08. The zero-order chi connectivity index (χ0) is 15.5. The molecule has 0 bridgehead atoms. The molecular formula is C16H21ClO4. The van der Waals surface area contributed by atoms with Crippen LogP contribution in [0.1, 0.15) is 45.4 Å². The largest absolute Gasteiger partial charge is 0.466 e. The van der Waals surface area contributed by atoms with Crippen LogP contribution in [0.2, 0.25) is 5.02 Å². The van der Waals surface area contributed by atoms with Gasteiger partial charge in [-0.1, -0.05) is 31.0 Å². The third kappa shape index (κ3) is 8.35. The maximum atomic E-state index is 11.6. The topological polar surface area (TPSA) is 52.6 Å². The van der Waals surface area contributed by atoms with Gasteiger partial charge in [0.05, 0.1) is 6.61 Å². The number of carbonyl (C=O) groups excluding carboxylic acids is 2. The van der Waals surface area contributed by atoms with Gasteiger partial charge in [-0.2, -0.15) is 0 Å². The molecule has 0 saturated carbocycles. The van der Waals surface area contributed by atoms with Crippen molar-refractivity contribution in [2.45, 2.75) is 45.4 Å². The highest BCUT2D eigenvalue weighted by Gasteiger charge is 2.06. The van der Waals surface area contributed by atoms with Crippen LogP contribution in [0.25, 0.3) is 0 Å². The zero-order valence-electron chi connectivity index (χ0n) is 12.3. The molecule has 0 unspecified atom stereocenters. The maximum absolute atomic E-state index is 11.6. The summed E-state index contributed by atoms with van der Waals surface area (Å²) < 4.78 is 10.1. The standard InChI is InChI=1S/C16H21ClO4/c1-2-11-20-15(18)9-4-3-5-10-16(19)21-14-8-6-7-13(17)12-14/h6-8,12H,2-5,9-11H2,1H3. The number of hydrogen-bond acceptors (Lipinski definition) is 4. The Morgan fingerprint density at radius 1 is 1.10 bits per heavy atom. The van der Waals surface area contributed by atoms with Crippen LogP contribution in [0.15, 0.2) is 24.3 Å². The predicted molar refractivity (Wildman–Crippen MR) is 81.4 cm³/mol. The minimum atomic E-state index is -0.286. The average molecular weight is 313 g/mol. The number of benzene rings is 1. The van der Waals surface area contributed by atoms with Crippen LogP contribution in [0, 0.1) is 0 Å². The number of rotatable bonds is 9. The van der Waals surface area contributed by atoms with Crippen molar-refractivity contribution in [2.24, 2.45) is 0 Å². The van der Waals surface area contributed by atoms with Crippen molar-refractivity contribution < 1.29 is 19.1 Å². The molecule has 0 N–H and O–H groups in total. The summed E-state index contributed by atoms with van der Waals surface area (Å²) in [4.78, 5) is 22.9. The van der Waals surface area contributed by atoms with Crippen molar-refractivity contribution >= 4 is 23.5 Å². The highest BCUT2D eigenvalue weighted by atomic mass is 35.5. The van der Waals surface area contributed by atoms with E-state index >= 15 is 0 Å². The molecule has 0 spiro atoms. The minimum absolute atomic E-state index is 0.168. The molecule has 0 saturated heterocycles. The van der Waals surface area contributed by atoms with E-state index in [1.807, 2.05) is 6.92 Å². The Kier molecular flexibility index (Phi) is 8.51. The molecule has 1 aromatic carbocycles. The van der Waals surface area contributed by atoms with Crippen molar-refractivity contribution in [2.75, 3.05) is 6.61 Å². The lowest BCUT2D eigenvalue weighted by Gasteiger charge is -2.05. The molecule has 0 aliphatic rings. The fourth-order valence-electron chi connectivity index (χ4n) is 1.72. The molecular weight excluding hydrogens is 292 g/mol. The van der Waals surface area contributed by atoms with Gasteiger partial charge >= 0.3 is 11.9 Å². The second kappa shape index (κ2) is 10.2. The van der Waals surface area contributed by atoms with Crippen LogP contribution in [0.5, 0.6) is 5.75 Å². The summed E-state index contributed by atoms with van der Waals surface area (Å²) in [6, 6.07) is 6.74. The van der Waals surface area contributed by atoms with E-state index in [9.17, 15) is 9.59 Å². The summed E-state index contributed by atoms with van der Waals surface area (Å²) in [6.45, 7) is 2.43. The third-order valence-corrected chi connectivity index (χ3v) is 2.99. The molecule has 21 heavy (non-hydrogen) atoms. The van der Waals surface area contributed by atoms with E-state index in [4.69, 9.17) is 21.1 Å². The Balaban J connectivity index is 2.10. The van der Waals surface area contributed by atoms with Crippen molar-refractivity contribution in [3.63, 3.8) is 0 Å². The first-order valence-electron chi connectivity index (χ1n) is 7.23. The summed E-state index contributed by atoms with van der Waals surface area (Å²) in [5.74, 6) is -0.000163. The summed E-state index contributed by atoms with van der Waals surface area (Å²) in [6.07, 6.45) is 3.79. The van der Waals surface area contributed by atoms with Crippen LogP contribution in [-0.4, -0.2) is 18.5 Å². The predicted octanol–water partition coefficient (Wildman–Crippen LogP) is 4.15. The Bertz CT molecular complexity index is 459. The fraction of sp³-hybridized carbons (Fsp3) is 0.500. The van der Waals surface area contributed by atoms with Crippen LogP contribution < -0.4 is 4.74 Å². The number of ether oxygens (including phenoxy) is 2. The molecule has 0 aromatic heterocycles. The number of carbonyl (C=O) groups is 2. The molecule has 0 radical (unpaired) electrons. The molecule has 0 aliphatic heterocycles. The normalized spacial score (nSPS) is 10.2. The van der Waals surface area contributed by atoms with E-state index in [0.29, 0.717) is 36.6 Å². The van der Waals surface area contributed by atoms with Crippen molar-refractivity contribution in [3.05, 3.63) is 29.3 Å². The van der Waals surface area contributed by atoms with Crippen LogP contribution in [0.3, 0.4) is 0 Å². The molecule has 0 heterocycles.